The maximum absolute atomic E-state index is 4.15. The summed E-state index contributed by atoms with van der Waals surface area (Å²) in [6, 6.07) is 4.12. The second kappa shape index (κ2) is 3.39. The molecular weight excluding hydrogens is 228 g/mol. The SMILES string of the molecule is CN1CCC[C@]1(Br)c1cccnc1. The molecule has 0 saturated carbocycles. The average molecular weight is 241 g/mol. The van der Waals surface area contributed by atoms with E-state index in [4.69, 9.17) is 0 Å². The summed E-state index contributed by atoms with van der Waals surface area (Å²) in [5.74, 6) is 0. The van der Waals surface area contributed by atoms with Crippen LogP contribution in [0.25, 0.3) is 0 Å². The molecule has 0 spiro atoms. The molecule has 1 atom stereocenters. The highest BCUT2D eigenvalue weighted by atomic mass is 79.9. The summed E-state index contributed by atoms with van der Waals surface area (Å²) in [5.41, 5.74) is 1.26. The highest BCUT2D eigenvalue weighted by molar-refractivity contribution is 9.09. The summed E-state index contributed by atoms with van der Waals surface area (Å²) in [6.07, 6.45) is 6.16. The molecule has 2 heterocycles. The van der Waals surface area contributed by atoms with Gasteiger partial charge < -0.3 is 0 Å². The normalized spacial score (nSPS) is 29.4. The molecule has 70 valence electrons. The van der Waals surface area contributed by atoms with E-state index in [-0.39, 0.29) is 4.45 Å². The van der Waals surface area contributed by atoms with Gasteiger partial charge in [-0.25, -0.2) is 0 Å². The van der Waals surface area contributed by atoms with Gasteiger partial charge in [0, 0.05) is 18.0 Å². The number of hydrogen-bond acceptors (Lipinski definition) is 2. The van der Waals surface area contributed by atoms with Crippen molar-refractivity contribution in [1.82, 2.24) is 9.88 Å². The van der Waals surface area contributed by atoms with Crippen LogP contribution in [0.3, 0.4) is 0 Å². The predicted octanol–water partition coefficient (Wildman–Crippen LogP) is 2.35. The highest BCUT2D eigenvalue weighted by Crippen LogP contribution is 2.42. The Morgan fingerprint density at radius 2 is 2.46 bits per heavy atom. The number of pyridine rings is 1. The Bertz CT molecular complexity index is 288. The van der Waals surface area contributed by atoms with Gasteiger partial charge in [-0.15, -0.1) is 0 Å². The topological polar surface area (TPSA) is 16.1 Å². The van der Waals surface area contributed by atoms with E-state index in [1.54, 1.807) is 0 Å². The van der Waals surface area contributed by atoms with Crippen LogP contribution in [0.2, 0.25) is 0 Å². The molecular formula is C10H13BrN2. The zero-order valence-corrected chi connectivity index (χ0v) is 9.29. The van der Waals surface area contributed by atoms with Gasteiger partial charge in [-0.2, -0.15) is 0 Å². The van der Waals surface area contributed by atoms with Crippen molar-refractivity contribution in [1.29, 1.82) is 0 Å². The standard InChI is InChI=1S/C10H13BrN2/c1-13-7-3-5-10(13,11)9-4-2-6-12-8-9/h2,4,6,8H,3,5,7H2,1H3/t10-/m1/s1. The Hall–Kier alpha value is -0.410. The second-order valence-electron chi connectivity index (χ2n) is 3.53. The molecule has 2 nitrogen and oxygen atoms in total. The van der Waals surface area contributed by atoms with E-state index in [9.17, 15) is 0 Å². The first kappa shape index (κ1) is 9.16. The number of likely N-dealkylation sites (tertiary alicyclic amines) is 1. The van der Waals surface area contributed by atoms with Crippen molar-refractivity contribution in [2.24, 2.45) is 0 Å². The van der Waals surface area contributed by atoms with Crippen molar-refractivity contribution < 1.29 is 0 Å². The lowest BCUT2D eigenvalue weighted by Gasteiger charge is -2.30. The van der Waals surface area contributed by atoms with Gasteiger partial charge in [0.25, 0.3) is 0 Å². The second-order valence-corrected chi connectivity index (χ2v) is 4.84. The summed E-state index contributed by atoms with van der Waals surface area (Å²) in [5, 5.41) is 0. The van der Waals surface area contributed by atoms with E-state index >= 15 is 0 Å². The predicted molar refractivity (Wildman–Crippen MR) is 56.7 cm³/mol. The first-order valence-electron chi connectivity index (χ1n) is 4.54. The van der Waals surface area contributed by atoms with E-state index in [0.29, 0.717) is 0 Å². The van der Waals surface area contributed by atoms with Crippen molar-refractivity contribution >= 4 is 15.9 Å². The molecule has 1 aromatic rings. The fraction of sp³-hybridized carbons (Fsp3) is 0.500. The minimum atomic E-state index is 0.0290. The fourth-order valence-electron chi connectivity index (χ4n) is 1.87. The van der Waals surface area contributed by atoms with E-state index in [1.165, 1.54) is 12.0 Å². The third kappa shape index (κ3) is 1.51. The summed E-state index contributed by atoms with van der Waals surface area (Å²) in [7, 11) is 2.15. The molecule has 0 N–H and O–H groups in total. The molecule has 0 amide bonds. The van der Waals surface area contributed by atoms with Crippen molar-refractivity contribution in [2.75, 3.05) is 13.6 Å². The van der Waals surface area contributed by atoms with Crippen LogP contribution in [0.5, 0.6) is 0 Å². The number of aromatic nitrogens is 1. The average Bonchev–Trinajstić information content (AvgIpc) is 2.50. The van der Waals surface area contributed by atoms with E-state index in [2.05, 4.69) is 38.9 Å². The molecule has 1 fully saturated rings. The molecule has 3 heteroatoms. The zero-order valence-electron chi connectivity index (χ0n) is 7.70. The van der Waals surface area contributed by atoms with Crippen LogP contribution in [0.4, 0.5) is 0 Å². The molecule has 0 bridgehead atoms. The van der Waals surface area contributed by atoms with Crippen LogP contribution in [0.1, 0.15) is 18.4 Å². The van der Waals surface area contributed by atoms with Crippen molar-refractivity contribution in [3.05, 3.63) is 30.1 Å². The Labute approximate surface area is 87.1 Å². The van der Waals surface area contributed by atoms with Crippen LogP contribution in [0, 0.1) is 0 Å². The van der Waals surface area contributed by atoms with Gasteiger partial charge in [-0.05, 0) is 32.5 Å². The molecule has 0 aliphatic carbocycles. The smallest absolute Gasteiger partial charge is 0.103 e. The van der Waals surface area contributed by atoms with Crippen LogP contribution in [0.15, 0.2) is 24.5 Å². The number of hydrogen-bond donors (Lipinski definition) is 0. The number of nitrogens with zero attached hydrogens (tertiary/aromatic N) is 2. The molecule has 13 heavy (non-hydrogen) atoms. The Morgan fingerprint density at radius 1 is 1.62 bits per heavy atom. The van der Waals surface area contributed by atoms with Crippen LogP contribution in [-0.2, 0) is 4.45 Å². The molecule has 0 radical (unpaired) electrons. The quantitative estimate of drug-likeness (QED) is 0.554. The Balaban J connectivity index is 2.34. The molecule has 1 aliphatic rings. The number of halogens is 1. The monoisotopic (exact) mass is 240 g/mol. The third-order valence-electron chi connectivity index (χ3n) is 2.71. The Morgan fingerprint density at radius 3 is 3.00 bits per heavy atom. The van der Waals surface area contributed by atoms with E-state index in [1.807, 2.05) is 18.5 Å². The highest BCUT2D eigenvalue weighted by Gasteiger charge is 2.37. The first-order chi connectivity index (χ1) is 6.23. The number of rotatable bonds is 1. The summed E-state index contributed by atoms with van der Waals surface area (Å²) < 4.78 is 0.0290. The summed E-state index contributed by atoms with van der Waals surface area (Å²) >= 11 is 3.81. The summed E-state index contributed by atoms with van der Waals surface area (Å²) in [6.45, 7) is 1.15. The van der Waals surface area contributed by atoms with E-state index < -0.39 is 0 Å². The zero-order chi connectivity index (χ0) is 9.31. The molecule has 1 aromatic heterocycles. The fourth-order valence-corrected chi connectivity index (χ4v) is 2.56. The van der Waals surface area contributed by atoms with Crippen molar-refractivity contribution in [3.8, 4) is 0 Å². The molecule has 0 aromatic carbocycles. The summed E-state index contributed by atoms with van der Waals surface area (Å²) in [4.78, 5) is 6.49. The largest absolute Gasteiger partial charge is 0.288 e. The van der Waals surface area contributed by atoms with Crippen LogP contribution < -0.4 is 0 Å². The minimum Gasteiger partial charge on any atom is -0.288 e. The lowest BCUT2D eigenvalue weighted by atomic mass is 10.1. The van der Waals surface area contributed by atoms with Crippen molar-refractivity contribution in [2.45, 2.75) is 17.3 Å². The molecule has 1 aliphatic heterocycles. The molecule has 2 rings (SSSR count). The first-order valence-corrected chi connectivity index (χ1v) is 5.33. The Kier molecular flexibility index (Phi) is 2.39. The maximum atomic E-state index is 4.15. The van der Waals surface area contributed by atoms with Crippen molar-refractivity contribution in [3.63, 3.8) is 0 Å². The van der Waals surface area contributed by atoms with Gasteiger partial charge in [-0.1, -0.05) is 22.0 Å². The van der Waals surface area contributed by atoms with Gasteiger partial charge in [0.2, 0.25) is 0 Å². The van der Waals surface area contributed by atoms with Crippen LogP contribution in [-0.4, -0.2) is 23.5 Å². The third-order valence-corrected chi connectivity index (χ3v) is 4.17. The van der Waals surface area contributed by atoms with Crippen LogP contribution >= 0.6 is 15.9 Å². The number of alkyl halides is 1. The van der Waals surface area contributed by atoms with Gasteiger partial charge in [-0.3, -0.25) is 9.88 Å². The van der Waals surface area contributed by atoms with Gasteiger partial charge in [0.05, 0.1) is 0 Å². The molecule has 0 unspecified atom stereocenters. The minimum absolute atomic E-state index is 0.0290. The van der Waals surface area contributed by atoms with E-state index in [0.717, 1.165) is 13.0 Å². The lowest BCUT2D eigenvalue weighted by molar-refractivity contribution is 0.288. The van der Waals surface area contributed by atoms with Gasteiger partial charge in [0.15, 0.2) is 0 Å². The van der Waals surface area contributed by atoms with Gasteiger partial charge in [0.1, 0.15) is 4.45 Å². The molecule has 1 saturated heterocycles. The maximum Gasteiger partial charge on any atom is 0.103 e. The lowest BCUT2D eigenvalue weighted by Crippen LogP contribution is -2.32. The van der Waals surface area contributed by atoms with Gasteiger partial charge >= 0.3 is 0 Å².